The van der Waals surface area contributed by atoms with Gasteiger partial charge < -0.3 is 10.1 Å². The number of para-hydroxylation sites is 1. The molecule has 1 amide bonds. The zero-order chi connectivity index (χ0) is 20.8. The highest BCUT2D eigenvalue weighted by molar-refractivity contribution is 9.10. The molecule has 10 nitrogen and oxygen atoms in total. The summed E-state index contributed by atoms with van der Waals surface area (Å²) in [5.74, 6) is -0.388. The molecule has 0 radical (unpaired) electrons. The molecule has 1 aromatic heterocycles. The minimum Gasteiger partial charge on any atom is -0.496 e. The molecular formula is C18H15BrN6O4. The summed E-state index contributed by atoms with van der Waals surface area (Å²) in [7, 11) is 1.44. The Kier molecular flexibility index (Phi) is 6.19. The van der Waals surface area contributed by atoms with Crippen molar-refractivity contribution in [3.05, 3.63) is 75.0 Å². The lowest BCUT2D eigenvalue weighted by Crippen LogP contribution is -2.30. The number of aromatic nitrogens is 2. The highest BCUT2D eigenvalue weighted by Gasteiger charge is 2.24. The fraction of sp³-hybridized carbons (Fsp3) is 0.0556. The van der Waals surface area contributed by atoms with E-state index in [9.17, 15) is 14.9 Å². The molecule has 0 aliphatic rings. The molecule has 11 heteroatoms. The second-order valence-corrected chi connectivity index (χ2v) is 6.51. The first kappa shape index (κ1) is 20.0. The van der Waals surface area contributed by atoms with Gasteiger partial charge in [0, 0.05) is 10.2 Å². The van der Waals surface area contributed by atoms with Crippen LogP contribution in [-0.2, 0) is 0 Å². The van der Waals surface area contributed by atoms with E-state index in [0.717, 1.165) is 10.8 Å². The largest absolute Gasteiger partial charge is 0.496 e. The Balaban J connectivity index is 1.84. The van der Waals surface area contributed by atoms with Crippen molar-refractivity contribution in [2.45, 2.75) is 0 Å². The SMILES string of the molecule is COc1ccccc1C(=O)NNc1ncnc(Nc2cccc(Br)c2)c1[N+](=O)[O-]. The van der Waals surface area contributed by atoms with Gasteiger partial charge in [-0.15, -0.1) is 0 Å². The number of hydrazine groups is 1. The standard InChI is InChI=1S/C18H15BrN6O4/c1-29-14-8-3-2-7-13(14)18(26)24-23-17-15(25(27)28)16(20-10-21-17)22-12-6-4-5-11(19)9-12/h2-10H,1H3,(H,24,26)(H2,20,21,22,23). The number of rotatable bonds is 7. The maximum absolute atomic E-state index is 12.4. The zero-order valence-electron chi connectivity index (χ0n) is 15.0. The van der Waals surface area contributed by atoms with E-state index >= 15 is 0 Å². The molecule has 0 bridgehead atoms. The lowest BCUT2D eigenvalue weighted by molar-refractivity contribution is -0.383. The number of hydrogen-bond acceptors (Lipinski definition) is 8. The first-order chi connectivity index (χ1) is 14.0. The third-order valence-electron chi connectivity index (χ3n) is 3.74. The van der Waals surface area contributed by atoms with Gasteiger partial charge in [-0.25, -0.2) is 9.97 Å². The maximum atomic E-state index is 12.4. The maximum Gasteiger partial charge on any atom is 0.355 e. The molecule has 2 aromatic carbocycles. The van der Waals surface area contributed by atoms with Crippen LogP contribution in [0.25, 0.3) is 0 Å². The quantitative estimate of drug-likeness (QED) is 0.361. The summed E-state index contributed by atoms with van der Waals surface area (Å²) in [5, 5.41) is 14.5. The number of nitrogens with zero attached hydrogens (tertiary/aromatic N) is 3. The molecule has 0 saturated carbocycles. The van der Waals surface area contributed by atoms with E-state index in [1.54, 1.807) is 42.5 Å². The van der Waals surface area contributed by atoms with E-state index in [-0.39, 0.29) is 17.2 Å². The van der Waals surface area contributed by atoms with Crippen LogP contribution in [0.3, 0.4) is 0 Å². The number of hydrogen-bond donors (Lipinski definition) is 3. The summed E-state index contributed by atoms with van der Waals surface area (Å²) in [6.07, 6.45) is 1.14. The number of anilines is 3. The van der Waals surface area contributed by atoms with Gasteiger partial charge in [0.15, 0.2) is 0 Å². The third-order valence-corrected chi connectivity index (χ3v) is 4.23. The van der Waals surface area contributed by atoms with Crippen molar-refractivity contribution in [1.82, 2.24) is 15.4 Å². The van der Waals surface area contributed by atoms with E-state index in [4.69, 9.17) is 4.74 Å². The van der Waals surface area contributed by atoms with E-state index in [1.807, 2.05) is 6.07 Å². The average molecular weight is 459 g/mol. The van der Waals surface area contributed by atoms with Crippen LogP contribution < -0.4 is 20.9 Å². The molecule has 1 heterocycles. The molecule has 3 N–H and O–H groups in total. The zero-order valence-corrected chi connectivity index (χ0v) is 16.6. The fourth-order valence-corrected chi connectivity index (χ4v) is 2.85. The van der Waals surface area contributed by atoms with Crippen molar-refractivity contribution in [3.8, 4) is 5.75 Å². The number of ether oxygens (including phenoxy) is 1. The van der Waals surface area contributed by atoms with Gasteiger partial charge in [-0.05, 0) is 30.3 Å². The van der Waals surface area contributed by atoms with Crippen molar-refractivity contribution in [2.24, 2.45) is 0 Å². The Morgan fingerprint density at radius 1 is 1.14 bits per heavy atom. The predicted octanol–water partition coefficient (Wildman–Crippen LogP) is 3.66. The van der Waals surface area contributed by atoms with Gasteiger partial charge in [0.05, 0.1) is 17.6 Å². The third kappa shape index (κ3) is 4.76. The minimum atomic E-state index is -0.641. The smallest absolute Gasteiger partial charge is 0.355 e. The first-order valence-corrected chi connectivity index (χ1v) is 9.00. The summed E-state index contributed by atoms with van der Waals surface area (Å²) in [6, 6.07) is 13.6. The van der Waals surface area contributed by atoms with E-state index in [1.165, 1.54) is 7.11 Å². The topological polar surface area (TPSA) is 131 Å². The van der Waals surface area contributed by atoms with Crippen molar-refractivity contribution in [2.75, 3.05) is 17.9 Å². The van der Waals surface area contributed by atoms with Gasteiger partial charge in [0.2, 0.25) is 11.6 Å². The molecular weight excluding hydrogens is 444 g/mol. The molecule has 3 rings (SSSR count). The average Bonchev–Trinajstić information content (AvgIpc) is 2.71. The Labute approximate surface area is 173 Å². The van der Waals surface area contributed by atoms with Gasteiger partial charge >= 0.3 is 5.69 Å². The number of nitro groups is 1. The molecule has 0 aliphatic carbocycles. The van der Waals surface area contributed by atoms with Crippen LogP contribution in [0.5, 0.6) is 5.75 Å². The number of halogens is 1. The Morgan fingerprint density at radius 3 is 2.62 bits per heavy atom. The number of amides is 1. The molecule has 148 valence electrons. The van der Waals surface area contributed by atoms with E-state index in [2.05, 4.69) is 42.1 Å². The predicted molar refractivity (Wildman–Crippen MR) is 110 cm³/mol. The number of carbonyl (C=O) groups excluding carboxylic acids is 1. The lowest BCUT2D eigenvalue weighted by atomic mass is 10.2. The molecule has 0 atom stereocenters. The second-order valence-electron chi connectivity index (χ2n) is 5.59. The van der Waals surface area contributed by atoms with Crippen LogP contribution >= 0.6 is 15.9 Å². The lowest BCUT2D eigenvalue weighted by Gasteiger charge is -2.12. The van der Waals surface area contributed by atoms with E-state index in [0.29, 0.717) is 11.4 Å². The molecule has 0 fully saturated rings. The van der Waals surface area contributed by atoms with Crippen LogP contribution in [0.2, 0.25) is 0 Å². The molecule has 0 aliphatic heterocycles. The van der Waals surface area contributed by atoms with Crippen molar-refractivity contribution < 1.29 is 14.5 Å². The number of carbonyl (C=O) groups is 1. The number of nitrogens with one attached hydrogen (secondary N) is 3. The molecule has 0 spiro atoms. The van der Waals surface area contributed by atoms with Crippen molar-refractivity contribution >= 4 is 44.8 Å². The Hall–Kier alpha value is -3.73. The van der Waals surface area contributed by atoms with Crippen LogP contribution in [0.1, 0.15) is 10.4 Å². The highest BCUT2D eigenvalue weighted by Crippen LogP contribution is 2.31. The summed E-state index contributed by atoms with van der Waals surface area (Å²) >= 11 is 3.34. The normalized spacial score (nSPS) is 10.1. The fourth-order valence-electron chi connectivity index (χ4n) is 2.45. The van der Waals surface area contributed by atoms with Crippen LogP contribution in [0.4, 0.5) is 23.0 Å². The Morgan fingerprint density at radius 2 is 1.90 bits per heavy atom. The summed E-state index contributed by atoms with van der Waals surface area (Å²) in [4.78, 5) is 31.2. The van der Waals surface area contributed by atoms with Gasteiger partial charge in [0.1, 0.15) is 12.1 Å². The summed E-state index contributed by atoms with van der Waals surface area (Å²) < 4.78 is 5.93. The van der Waals surface area contributed by atoms with Crippen LogP contribution in [-0.4, -0.2) is 27.9 Å². The van der Waals surface area contributed by atoms with Crippen LogP contribution in [0.15, 0.2) is 59.3 Å². The Bertz CT molecular complexity index is 1060. The van der Waals surface area contributed by atoms with Crippen LogP contribution in [0, 0.1) is 10.1 Å². The second kappa shape index (κ2) is 8.97. The number of methoxy groups -OCH3 is 1. The molecule has 0 saturated heterocycles. The van der Waals surface area contributed by atoms with Gasteiger partial charge in [-0.3, -0.25) is 25.8 Å². The van der Waals surface area contributed by atoms with Crippen molar-refractivity contribution in [1.29, 1.82) is 0 Å². The summed E-state index contributed by atoms with van der Waals surface area (Å²) in [5.41, 5.74) is 5.29. The van der Waals surface area contributed by atoms with Gasteiger partial charge in [-0.1, -0.05) is 34.1 Å². The first-order valence-electron chi connectivity index (χ1n) is 8.21. The molecule has 29 heavy (non-hydrogen) atoms. The minimum absolute atomic E-state index is 0.0304. The number of benzene rings is 2. The van der Waals surface area contributed by atoms with Gasteiger partial charge in [0.25, 0.3) is 5.91 Å². The summed E-state index contributed by atoms with van der Waals surface area (Å²) in [6.45, 7) is 0. The van der Waals surface area contributed by atoms with Crippen molar-refractivity contribution in [3.63, 3.8) is 0 Å². The highest BCUT2D eigenvalue weighted by atomic mass is 79.9. The monoisotopic (exact) mass is 458 g/mol. The molecule has 0 unspecified atom stereocenters. The van der Waals surface area contributed by atoms with E-state index < -0.39 is 16.5 Å². The molecule has 3 aromatic rings. The van der Waals surface area contributed by atoms with Gasteiger partial charge in [-0.2, -0.15) is 0 Å².